The minimum absolute atomic E-state index is 1.19. The molecule has 0 aliphatic carbocycles. The Kier molecular flexibility index (Phi) is 2.44. The van der Waals surface area contributed by atoms with Crippen LogP contribution in [0.15, 0.2) is 91.0 Å². The summed E-state index contributed by atoms with van der Waals surface area (Å²) in [6.45, 7) is 0. The number of fused-ring (bicyclic) bond motifs is 10. The van der Waals surface area contributed by atoms with Crippen LogP contribution in [0.4, 0.5) is 0 Å². The molecule has 0 radical (unpaired) electrons. The van der Waals surface area contributed by atoms with E-state index in [1.54, 1.807) is 0 Å². The molecule has 2 nitrogen and oxygen atoms in total. The van der Waals surface area contributed by atoms with Gasteiger partial charge in [-0.25, -0.2) is 0 Å². The zero-order chi connectivity index (χ0) is 19.4. The zero-order valence-electron chi connectivity index (χ0n) is 16.1. The number of aromatic amines is 1. The molecule has 0 bridgehead atoms. The second-order valence-corrected chi connectivity index (χ2v) is 8.34. The largest absolute Gasteiger partial charge is 0.354 e. The van der Waals surface area contributed by atoms with E-state index in [0.29, 0.717) is 0 Å². The lowest BCUT2D eigenvalue weighted by molar-refractivity contribution is 1.37. The summed E-state index contributed by atoms with van der Waals surface area (Å²) in [4.78, 5) is 3.59. The number of hydrogen-bond donors (Lipinski definition) is 1. The van der Waals surface area contributed by atoms with E-state index in [4.69, 9.17) is 0 Å². The quantitative estimate of drug-likeness (QED) is 0.279. The van der Waals surface area contributed by atoms with E-state index in [1.165, 1.54) is 70.7 Å². The highest BCUT2D eigenvalue weighted by atomic mass is 14.9. The van der Waals surface area contributed by atoms with Crippen molar-refractivity contribution in [1.82, 2.24) is 9.38 Å². The predicted molar refractivity (Wildman–Crippen MR) is 128 cm³/mol. The van der Waals surface area contributed by atoms with Crippen LogP contribution in [-0.4, -0.2) is 9.38 Å². The molecule has 30 heavy (non-hydrogen) atoms. The van der Waals surface area contributed by atoms with Crippen molar-refractivity contribution < 1.29 is 0 Å². The van der Waals surface area contributed by atoms with Gasteiger partial charge in [0.15, 0.2) is 0 Å². The highest BCUT2D eigenvalue weighted by Gasteiger charge is 2.17. The van der Waals surface area contributed by atoms with Crippen molar-refractivity contribution in [3.8, 4) is 0 Å². The van der Waals surface area contributed by atoms with Crippen LogP contribution in [0.2, 0.25) is 0 Å². The van der Waals surface area contributed by atoms with Crippen LogP contribution in [0.3, 0.4) is 0 Å². The molecule has 0 saturated carbocycles. The Hall–Kier alpha value is -4.04. The molecule has 3 heterocycles. The van der Waals surface area contributed by atoms with Crippen LogP contribution in [0.25, 0.3) is 70.7 Å². The second kappa shape index (κ2) is 4.92. The number of para-hydroxylation sites is 3. The Bertz CT molecular complexity index is 1950. The number of hydrogen-bond acceptors (Lipinski definition) is 0. The van der Waals surface area contributed by atoms with Crippen LogP contribution in [0.5, 0.6) is 0 Å². The molecule has 0 atom stereocenters. The number of aromatic nitrogens is 2. The molecule has 0 spiro atoms. The van der Waals surface area contributed by atoms with Gasteiger partial charge in [-0.2, -0.15) is 0 Å². The normalized spacial score (nSPS) is 12.7. The third kappa shape index (κ3) is 1.63. The van der Waals surface area contributed by atoms with Crippen molar-refractivity contribution in [2.24, 2.45) is 0 Å². The first-order chi connectivity index (χ1) is 14.9. The molecule has 0 unspecified atom stereocenters. The van der Waals surface area contributed by atoms with E-state index in [1.807, 2.05) is 0 Å². The Labute approximate surface area is 171 Å². The van der Waals surface area contributed by atoms with E-state index >= 15 is 0 Å². The Morgan fingerprint density at radius 1 is 0.467 bits per heavy atom. The standard InChI is InChI=1S/C28H16N2/c1-3-10-24-18(6-1)22-12-17-15-27-23(13-16(17)14-25(22)29-24)21-9-5-8-20-19-7-2-4-11-26(19)30(27)28(20)21/h1-15,29H. The van der Waals surface area contributed by atoms with Gasteiger partial charge in [0.2, 0.25) is 0 Å². The van der Waals surface area contributed by atoms with Gasteiger partial charge in [-0.05, 0) is 47.2 Å². The van der Waals surface area contributed by atoms with Crippen molar-refractivity contribution in [3.05, 3.63) is 91.0 Å². The predicted octanol–water partition coefficient (Wildman–Crippen LogP) is 7.62. The topological polar surface area (TPSA) is 20.2 Å². The number of benzene rings is 5. The first-order valence-corrected chi connectivity index (χ1v) is 10.4. The summed E-state index contributed by atoms with van der Waals surface area (Å²) in [6, 6.07) is 33.4. The minimum Gasteiger partial charge on any atom is -0.354 e. The summed E-state index contributed by atoms with van der Waals surface area (Å²) in [5, 5.41) is 10.4. The van der Waals surface area contributed by atoms with Crippen LogP contribution in [0.1, 0.15) is 0 Å². The summed E-state index contributed by atoms with van der Waals surface area (Å²) < 4.78 is 2.45. The number of nitrogens with zero attached hydrogens (tertiary/aromatic N) is 1. The van der Waals surface area contributed by atoms with E-state index in [9.17, 15) is 0 Å². The second-order valence-electron chi connectivity index (χ2n) is 8.34. The van der Waals surface area contributed by atoms with Crippen LogP contribution >= 0.6 is 0 Å². The molecular weight excluding hydrogens is 364 g/mol. The van der Waals surface area contributed by atoms with Gasteiger partial charge < -0.3 is 9.38 Å². The average Bonchev–Trinajstić information content (AvgIpc) is 3.42. The van der Waals surface area contributed by atoms with E-state index < -0.39 is 0 Å². The number of rotatable bonds is 0. The Balaban J connectivity index is 1.63. The van der Waals surface area contributed by atoms with Crippen molar-refractivity contribution in [1.29, 1.82) is 0 Å². The fraction of sp³-hybridized carbons (Fsp3) is 0. The maximum atomic E-state index is 3.59. The Morgan fingerprint density at radius 3 is 2.10 bits per heavy atom. The van der Waals surface area contributed by atoms with Gasteiger partial charge in [0.25, 0.3) is 0 Å². The van der Waals surface area contributed by atoms with E-state index in [0.717, 1.165) is 0 Å². The van der Waals surface area contributed by atoms with Gasteiger partial charge in [-0.1, -0.05) is 54.6 Å². The molecule has 8 aromatic rings. The highest BCUT2D eigenvalue weighted by Crippen LogP contribution is 2.41. The summed E-state index contributed by atoms with van der Waals surface area (Å²) in [5.41, 5.74) is 6.30. The molecule has 0 aliphatic rings. The highest BCUT2D eigenvalue weighted by molar-refractivity contribution is 6.25. The van der Waals surface area contributed by atoms with Crippen LogP contribution in [0, 0.1) is 0 Å². The maximum Gasteiger partial charge on any atom is 0.0620 e. The van der Waals surface area contributed by atoms with Gasteiger partial charge in [-0.15, -0.1) is 0 Å². The molecule has 2 heteroatoms. The third-order valence-electron chi connectivity index (χ3n) is 6.80. The average molecular weight is 380 g/mol. The molecule has 5 aromatic carbocycles. The van der Waals surface area contributed by atoms with Crippen molar-refractivity contribution in [2.45, 2.75) is 0 Å². The lowest BCUT2D eigenvalue weighted by Crippen LogP contribution is -1.81. The molecule has 0 aliphatic heterocycles. The molecule has 0 saturated heterocycles. The maximum absolute atomic E-state index is 3.59. The van der Waals surface area contributed by atoms with E-state index in [-0.39, 0.29) is 0 Å². The van der Waals surface area contributed by atoms with Gasteiger partial charge in [-0.3, -0.25) is 0 Å². The van der Waals surface area contributed by atoms with Crippen molar-refractivity contribution >= 4 is 70.7 Å². The zero-order valence-corrected chi connectivity index (χ0v) is 16.1. The van der Waals surface area contributed by atoms with Gasteiger partial charge >= 0.3 is 0 Å². The van der Waals surface area contributed by atoms with Crippen LogP contribution in [-0.2, 0) is 0 Å². The Morgan fingerprint density at radius 2 is 1.17 bits per heavy atom. The lowest BCUT2D eigenvalue weighted by Gasteiger charge is -2.03. The van der Waals surface area contributed by atoms with Gasteiger partial charge in [0.1, 0.15) is 0 Å². The summed E-state index contributed by atoms with van der Waals surface area (Å²) in [5.74, 6) is 0. The molecule has 0 amide bonds. The first-order valence-electron chi connectivity index (χ1n) is 10.4. The smallest absolute Gasteiger partial charge is 0.0620 e. The SMILES string of the molecule is c1ccc2c(c1)[nH]c1cc3cc4c5cccc6c7ccccc7n(c4cc3cc12)c65. The first kappa shape index (κ1) is 14.9. The fourth-order valence-corrected chi connectivity index (χ4v) is 5.52. The number of H-pyrrole nitrogens is 1. The van der Waals surface area contributed by atoms with Crippen LogP contribution < -0.4 is 0 Å². The monoisotopic (exact) mass is 380 g/mol. The molecule has 3 aromatic heterocycles. The van der Waals surface area contributed by atoms with Gasteiger partial charge in [0.05, 0.1) is 16.6 Å². The summed E-state index contributed by atoms with van der Waals surface area (Å²) in [7, 11) is 0. The molecule has 0 fully saturated rings. The summed E-state index contributed by atoms with van der Waals surface area (Å²) in [6.07, 6.45) is 0. The third-order valence-corrected chi connectivity index (χ3v) is 6.80. The van der Waals surface area contributed by atoms with E-state index in [2.05, 4.69) is 100 Å². The molecule has 1 N–H and O–H groups in total. The molecule has 138 valence electrons. The molecule has 8 rings (SSSR count). The summed E-state index contributed by atoms with van der Waals surface area (Å²) >= 11 is 0. The van der Waals surface area contributed by atoms with Crippen molar-refractivity contribution in [2.75, 3.05) is 0 Å². The minimum atomic E-state index is 1.19. The lowest BCUT2D eigenvalue weighted by atomic mass is 10.0. The van der Waals surface area contributed by atoms with Gasteiger partial charge in [0, 0.05) is 43.4 Å². The fourth-order valence-electron chi connectivity index (χ4n) is 5.52. The molecular formula is C28H16N2. The number of nitrogens with one attached hydrogen (secondary N) is 1. The van der Waals surface area contributed by atoms with Crippen molar-refractivity contribution in [3.63, 3.8) is 0 Å².